The molecule has 0 atom stereocenters. The van der Waals surface area contributed by atoms with Crippen molar-refractivity contribution in [1.29, 1.82) is 0 Å². The fourth-order valence-corrected chi connectivity index (χ4v) is 2.86. The maximum Gasteiger partial charge on any atom is 0.158 e. The average molecular weight is 276 g/mol. The number of para-hydroxylation sites is 1. The SMILES string of the molecule is c1ccc(N2CCN(CCC3OCCCO3)CC2)cc1. The standard InChI is InChI=1S/C16H24N2O2/c1-2-5-15(6-3-1)18-11-9-17(10-12-18)8-7-16-19-13-4-14-20-16/h1-3,5-6,16H,4,7-14H2. The monoisotopic (exact) mass is 276 g/mol. The van der Waals surface area contributed by atoms with Crippen LogP contribution in [0.15, 0.2) is 30.3 Å². The quantitative estimate of drug-likeness (QED) is 0.839. The van der Waals surface area contributed by atoms with Crippen molar-refractivity contribution in [1.82, 2.24) is 4.90 Å². The van der Waals surface area contributed by atoms with Crippen molar-refractivity contribution in [3.8, 4) is 0 Å². The number of hydrogen-bond donors (Lipinski definition) is 0. The fourth-order valence-electron chi connectivity index (χ4n) is 2.86. The van der Waals surface area contributed by atoms with Gasteiger partial charge in [-0.2, -0.15) is 0 Å². The van der Waals surface area contributed by atoms with E-state index in [2.05, 4.69) is 40.1 Å². The van der Waals surface area contributed by atoms with Gasteiger partial charge in [0, 0.05) is 44.8 Å². The molecule has 0 aliphatic carbocycles. The number of rotatable bonds is 4. The van der Waals surface area contributed by atoms with Gasteiger partial charge in [-0.15, -0.1) is 0 Å². The Morgan fingerprint density at radius 3 is 2.35 bits per heavy atom. The summed E-state index contributed by atoms with van der Waals surface area (Å²) in [7, 11) is 0. The molecule has 0 spiro atoms. The van der Waals surface area contributed by atoms with Crippen molar-refractivity contribution in [2.75, 3.05) is 50.8 Å². The number of ether oxygens (including phenoxy) is 2. The van der Waals surface area contributed by atoms with Gasteiger partial charge < -0.3 is 14.4 Å². The molecule has 4 nitrogen and oxygen atoms in total. The molecule has 2 saturated heterocycles. The lowest BCUT2D eigenvalue weighted by molar-refractivity contribution is -0.182. The van der Waals surface area contributed by atoms with E-state index in [1.165, 1.54) is 5.69 Å². The lowest BCUT2D eigenvalue weighted by Crippen LogP contribution is -2.47. The highest BCUT2D eigenvalue weighted by atomic mass is 16.7. The number of nitrogens with zero attached hydrogens (tertiary/aromatic N) is 2. The second-order valence-corrected chi connectivity index (χ2v) is 5.48. The minimum Gasteiger partial charge on any atom is -0.369 e. The van der Waals surface area contributed by atoms with Crippen LogP contribution in [0.5, 0.6) is 0 Å². The number of hydrogen-bond acceptors (Lipinski definition) is 4. The highest BCUT2D eigenvalue weighted by Gasteiger charge is 2.19. The van der Waals surface area contributed by atoms with Crippen LogP contribution in [0.25, 0.3) is 0 Å². The van der Waals surface area contributed by atoms with E-state index >= 15 is 0 Å². The lowest BCUT2D eigenvalue weighted by Gasteiger charge is -2.36. The van der Waals surface area contributed by atoms with E-state index in [-0.39, 0.29) is 6.29 Å². The average Bonchev–Trinajstić information content (AvgIpc) is 2.55. The summed E-state index contributed by atoms with van der Waals surface area (Å²) in [5, 5.41) is 0. The molecular formula is C16H24N2O2. The third-order valence-electron chi connectivity index (χ3n) is 4.07. The van der Waals surface area contributed by atoms with E-state index in [9.17, 15) is 0 Å². The summed E-state index contributed by atoms with van der Waals surface area (Å²) in [5.74, 6) is 0. The number of piperazine rings is 1. The number of anilines is 1. The van der Waals surface area contributed by atoms with Gasteiger partial charge in [0.25, 0.3) is 0 Å². The predicted octanol–water partition coefficient (Wildman–Crippen LogP) is 1.96. The summed E-state index contributed by atoms with van der Waals surface area (Å²) in [6.45, 7) is 7.25. The van der Waals surface area contributed by atoms with E-state index in [4.69, 9.17) is 9.47 Å². The van der Waals surface area contributed by atoms with Gasteiger partial charge in [0.2, 0.25) is 0 Å². The molecule has 1 aromatic carbocycles. The first-order valence-electron chi connectivity index (χ1n) is 7.67. The summed E-state index contributed by atoms with van der Waals surface area (Å²) >= 11 is 0. The molecule has 3 rings (SSSR count). The highest BCUT2D eigenvalue weighted by molar-refractivity contribution is 5.46. The summed E-state index contributed by atoms with van der Waals surface area (Å²) in [6.07, 6.45) is 2.05. The summed E-state index contributed by atoms with van der Waals surface area (Å²) in [5.41, 5.74) is 1.34. The van der Waals surface area contributed by atoms with Crippen LogP contribution < -0.4 is 4.90 Å². The molecule has 0 N–H and O–H groups in total. The second kappa shape index (κ2) is 7.07. The molecule has 2 fully saturated rings. The minimum absolute atomic E-state index is 0.0240. The maximum absolute atomic E-state index is 5.60. The highest BCUT2D eigenvalue weighted by Crippen LogP contribution is 2.16. The van der Waals surface area contributed by atoms with E-state index in [1.807, 2.05) is 0 Å². The Labute approximate surface area is 121 Å². The van der Waals surface area contributed by atoms with Crippen molar-refractivity contribution >= 4 is 5.69 Å². The van der Waals surface area contributed by atoms with Crippen molar-refractivity contribution in [2.24, 2.45) is 0 Å². The maximum atomic E-state index is 5.60. The van der Waals surface area contributed by atoms with Crippen molar-refractivity contribution < 1.29 is 9.47 Å². The Hall–Kier alpha value is -1.10. The number of benzene rings is 1. The largest absolute Gasteiger partial charge is 0.369 e. The van der Waals surface area contributed by atoms with E-state index in [1.54, 1.807) is 0 Å². The van der Waals surface area contributed by atoms with Crippen LogP contribution in [0.1, 0.15) is 12.8 Å². The van der Waals surface area contributed by atoms with Gasteiger partial charge in [0.15, 0.2) is 6.29 Å². The van der Waals surface area contributed by atoms with Crippen LogP contribution in [-0.2, 0) is 9.47 Å². The van der Waals surface area contributed by atoms with E-state index in [0.29, 0.717) is 0 Å². The molecule has 2 aliphatic heterocycles. The Morgan fingerprint density at radius 2 is 1.65 bits per heavy atom. The summed E-state index contributed by atoms with van der Waals surface area (Å²) < 4.78 is 11.2. The van der Waals surface area contributed by atoms with Gasteiger partial charge in [0.05, 0.1) is 13.2 Å². The third-order valence-corrected chi connectivity index (χ3v) is 4.07. The lowest BCUT2D eigenvalue weighted by atomic mass is 10.2. The molecule has 0 amide bonds. The molecule has 0 bridgehead atoms. The van der Waals surface area contributed by atoms with Crippen LogP contribution in [0.3, 0.4) is 0 Å². The molecule has 110 valence electrons. The Kier molecular flexibility index (Phi) is 4.90. The van der Waals surface area contributed by atoms with Gasteiger partial charge >= 0.3 is 0 Å². The van der Waals surface area contributed by atoms with Crippen LogP contribution in [0, 0.1) is 0 Å². The predicted molar refractivity (Wildman–Crippen MR) is 80.0 cm³/mol. The molecule has 0 saturated carbocycles. The van der Waals surface area contributed by atoms with Crippen molar-refractivity contribution in [3.63, 3.8) is 0 Å². The topological polar surface area (TPSA) is 24.9 Å². The van der Waals surface area contributed by atoms with Crippen molar-refractivity contribution in [3.05, 3.63) is 30.3 Å². The molecule has 0 aromatic heterocycles. The zero-order valence-corrected chi connectivity index (χ0v) is 12.0. The first-order valence-corrected chi connectivity index (χ1v) is 7.67. The summed E-state index contributed by atoms with van der Waals surface area (Å²) in [6, 6.07) is 10.7. The van der Waals surface area contributed by atoms with Crippen LogP contribution in [0.4, 0.5) is 5.69 Å². The molecule has 1 aromatic rings. The minimum atomic E-state index is 0.0240. The van der Waals surface area contributed by atoms with Crippen molar-refractivity contribution in [2.45, 2.75) is 19.1 Å². The van der Waals surface area contributed by atoms with E-state index in [0.717, 1.165) is 58.8 Å². The molecular weight excluding hydrogens is 252 g/mol. The third kappa shape index (κ3) is 3.72. The van der Waals surface area contributed by atoms with Gasteiger partial charge in [-0.1, -0.05) is 18.2 Å². The molecule has 2 aliphatic rings. The second-order valence-electron chi connectivity index (χ2n) is 5.48. The smallest absolute Gasteiger partial charge is 0.158 e. The Morgan fingerprint density at radius 1 is 0.950 bits per heavy atom. The van der Waals surface area contributed by atoms with Gasteiger partial charge in [0.1, 0.15) is 0 Å². The molecule has 0 radical (unpaired) electrons. The zero-order valence-electron chi connectivity index (χ0n) is 12.0. The molecule has 20 heavy (non-hydrogen) atoms. The van der Waals surface area contributed by atoms with Crippen LogP contribution in [-0.4, -0.2) is 57.1 Å². The van der Waals surface area contributed by atoms with Crippen LogP contribution in [0.2, 0.25) is 0 Å². The van der Waals surface area contributed by atoms with Crippen LogP contribution >= 0.6 is 0 Å². The Bertz CT molecular complexity index is 385. The molecule has 0 unspecified atom stereocenters. The first kappa shape index (κ1) is 13.9. The summed E-state index contributed by atoms with van der Waals surface area (Å²) in [4.78, 5) is 4.98. The Balaban J connectivity index is 1.40. The first-order chi connectivity index (χ1) is 9.92. The molecule has 2 heterocycles. The van der Waals surface area contributed by atoms with E-state index < -0.39 is 0 Å². The normalized spacial score (nSPS) is 22.1. The fraction of sp³-hybridized carbons (Fsp3) is 0.625. The zero-order chi connectivity index (χ0) is 13.6. The van der Waals surface area contributed by atoms with Gasteiger partial charge in [-0.3, -0.25) is 4.90 Å². The van der Waals surface area contributed by atoms with Gasteiger partial charge in [-0.05, 0) is 18.6 Å². The van der Waals surface area contributed by atoms with Gasteiger partial charge in [-0.25, -0.2) is 0 Å². The molecule has 4 heteroatoms.